The van der Waals surface area contributed by atoms with Crippen LogP contribution in [-0.4, -0.2) is 52.0 Å². The van der Waals surface area contributed by atoms with Crippen LogP contribution in [-0.2, 0) is 17.9 Å². The van der Waals surface area contributed by atoms with Gasteiger partial charge in [-0.2, -0.15) is 0 Å². The van der Waals surface area contributed by atoms with E-state index in [-0.39, 0.29) is 12.0 Å². The van der Waals surface area contributed by atoms with Crippen LogP contribution in [0.15, 0.2) is 48.5 Å². The predicted molar refractivity (Wildman–Crippen MR) is 118 cm³/mol. The average molecular weight is 438 g/mol. The lowest BCUT2D eigenvalue weighted by Gasteiger charge is -2.36. The van der Waals surface area contributed by atoms with Crippen molar-refractivity contribution in [3.05, 3.63) is 76.1 Å². The lowest BCUT2D eigenvalue weighted by atomic mass is 10.1. The van der Waals surface area contributed by atoms with Crippen LogP contribution in [0.5, 0.6) is 0 Å². The topological polar surface area (TPSA) is 63.5 Å². The number of fused-ring (bicyclic) bond motifs is 1. The fourth-order valence-corrected chi connectivity index (χ4v) is 4.40. The lowest BCUT2D eigenvalue weighted by molar-refractivity contribution is -0.00196. The van der Waals surface area contributed by atoms with Gasteiger partial charge in [-0.15, -0.1) is 5.10 Å². The zero-order chi connectivity index (χ0) is 21.4. The number of para-hydroxylation sites is 1. The molecule has 1 fully saturated rings. The maximum atomic E-state index is 13.2. The Bertz CT molecular complexity index is 1090. The third-order valence-electron chi connectivity index (χ3n) is 6.06. The Labute approximate surface area is 186 Å². The van der Waals surface area contributed by atoms with Crippen LogP contribution >= 0.6 is 11.6 Å². The van der Waals surface area contributed by atoms with Gasteiger partial charge in [-0.05, 0) is 36.2 Å². The zero-order valence-electron chi connectivity index (χ0n) is 17.4. The van der Waals surface area contributed by atoms with Gasteiger partial charge < -0.3 is 14.5 Å². The first kappa shape index (κ1) is 20.0. The number of hydrogen-bond acceptors (Lipinski definition) is 5. The smallest absolute Gasteiger partial charge is 0.276 e. The number of halogens is 1. The van der Waals surface area contributed by atoms with Crippen LogP contribution in [0.25, 0.3) is 0 Å². The highest BCUT2D eigenvalue weighted by Gasteiger charge is 2.31. The number of benzene rings is 2. The number of amides is 1. The molecule has 31 heavy (non-hydrogen) atoms. The van der Waals surface area contributed by atoms with Crippen molar-refractivity contribution in [2.24, 2.45) is 0 Å². The van der Waals surface area contributed by atoms with Crippen LogP contribution in [0.2, 0.25) is 5.02 Å². The number of rotatable bonds is 3. The molecule has 1 unspecified atom stereocenters. The fraction of sp³-hybridized carbons (Fsp3) is 0.348. The number of anilines is 1. The van der Waals surface area contributed by atoms with Crippen LogP contribution in [0, 0.1) is 6.92 Å². The van der Waals surface area contributed by atoms with Crippen LogP contribution in [0.4, 0.5) is 5.69 Å². The molecule has 1 atom stereocenters. The molecule has 0 N–H and O–H groups in total. The third kappa shape index (κ3) is 3.91. The maximum Gasteiger partial charge on any atom is 0.276 e. The quantitative estimate of drug-likeness (QED) is 0.627. The summed E-state index contributed by atoms with van der Waals surface area (Å²) in [6.45, 7) is 5.88. The first-order valence-corrected chi connectivity index (χ1v) is 10.9. The highest BCUT2D eigenvalue weighted by Crippen LogP contribution is 2.28. The monoisotopic (exact) mass is 437 g/mol. The van der Waals surface area contributed by atoms with Crippen molar-refractivity contribution in [3.8, 4) is 0 Å². The molecule has 1 aromatic heterocycles. The van der Waals surface area contributed by atoms with Crippen molar-refractivity contribution in [1.82, 2.24) is 19.9 Å². The standard InChI is InChI=1S/C23H24ClN5O2/c1-16-4-2-3-5-19(16)27-10-12-28(13-11-27)23(30)22-20-15-31-21(14-29(20)26-25-22)17-6-8-18(24)9-7-17/h2-9,21H,10-15H2,1H3. The highest BCUT2D eigenvalue weighted by atomic mass is 35.5. The molecule has 8 heteroatoms. The molecule has 0 radical (unpaired) electrons. The van der Waals surface area contributed by atoms with E-state index in [2.05, 4.69) is 40.3 Å². The maximum absolute atomic E-state index is 13.2. The number of aryl methyl sites for hydroxylation is 1. The number of carbonyl (C=O) groups excluding carboxylic acids is 1. The minimum absolute atomic E-state index is 0.0702. The van der Waals surface area contributed by atoms with Gasteiger partial charge in [0.25, 0.3) is 5.91 Å². The first-order chi connectivity index (χ1) is 15.1. The van der Waals surface area contributed by atoms with Crippen molar-refractivity contribution < 1.29 is 9.53 Å². The molecule has 0 spiro atoms. The minimum atomic E-state index is -0.132. The molecule has 2 aliphatic heterocycles. The van der Waals surface area contributed by atoms with Gasteiger partial charge in [0.15, 0.2) is 5.69 Å². The molecule has 5 rings (SSSR count). The van der Waals surface area contributed by atoms with Crippen molar-refractivity contribution in [1.29, 1.82) is 0 Å². The molecule has 1 amide bonds. The highest BCUT2D eigenvalue weighted by molar-refractivity contribution is 6.30. The second kappa shape index (κ2) is 8.32. The Morgan fingerprint density at radius 3 is 2.55 bits per heavy atom. The Morgan fingerprint density at radius 1 is 1.06 bits per heavy atom. The summed E-state index contributed by atoms with van der Waals surface area (Å²) in [5, 5.41) is 9.15. The van der Waals surface area contributed by atoms with Crippen molar-refractivity contribution in [2.75, 3.05) is 31.1 Å². The summed E-state index contributed by atoms with van der Waals surface area (Å²) in [6, 6.07) is 16.0. The number of nitrogens with zero attached hydrogens (tertiary/aromatic N) is 5. The Hall–Kier alpha value is -2.90. The summed E-state index contributed by atoms with van der Waals surface area (Å²) >= 11 is 5.98. The summed E-state index contributed by atoms with van der Waals surface area (Å²) in [5.74, 6) is -0.0702. The Balaban J connectivity index is 1.26. The Kier molecular flexibility index (Phi) is 5.38. The average Bonchev–Trinajstić information content (AvgIpc) is 3.23. The van der Waals surface area contributed by atoms with Crippen molar-refractivity contribution in [3.63, 3.8) is 0 Å². The first-order valence-electron chi connectivity index (χ1n) is 10.5. The van der Waals surface area contributed by atoms with Gasteiger partial charge in [0.1, 0.15) is 6.10 Å². The van der Waals surface area contributed by atoms with E-state index < -0.39 is 0 Å². The number of piperazine rings is 1. The number of aromatic nitrogens is 3. The van der Waals surface area contributed by atoms with Crippen LogP contribution in [0.3, 0.4) is 0 Å². The molecule has 0 saturated carbocycles. The van der Waals surface area contributed by atoms with E-state index in [1.807, 2.05) is 35.2 Å². The fourth-order valence-electron chi connectivity index (χ4n) is 4.28. The minimum Gasteiger partial charge on any atom is -0.368 e. The van der Waals surface area contributed by atoms with Crippen molar-refractivity contribution >= 4 is 23.2 Å². The molecule has 160 valence electrons. The van der Waals surface area contributed by atoms with Gasteiger partial charge in [-0.3, -0.25) is 4.79 Å². The second-order valence-corrected chi connectivity index (χ2v) is 8.42. The molecular formula is C23H24ClN5O2. The van der Waals surface area contributed by atoms with Crippen LogP contribution < -0.4 is 4.90 Å². The van der Waals surface area contributed by atoms with Gasteiger partial charge in [0, 0.05) is 36.9 Å². The number of carbonyl (C=O) groups is 1. The normalized spacial score (nSPS) is 18.7. The third-order valence-corrected chi connectivity index (χ3v) is 6.32. The van der Waals surface area contributed by atoms with E-state index in [1.54, 1.807) is 4.68 Å². The predicted octanol–water partition coefficient (Wildman–Crippen LogP) is 3.47. The molecule has 7 nitrogen and oxygen atoms in total. The molecule has 0 aliphatic carbocycles. The molecule has 2 aliphatic rings. The van der Waals surface area contributed by atoms with Crippen molar-refractivity contribution in [2.45, 2.75) is 26.2 Å². The second-order valence-electron chi connectivity index (χ2n) is 7.98. The van der Waals surface area contributed by atoms with Gasteiger partial charge >= 0.3 is 0 Å². The molecule has 3 heterocycles. The number of ether oxygens (including phenoxy) is 1. The molecule has 0 bridgehead atoms. The summed E-state index contributed by atoms with van der Waals surface area (Å²) in [7, 11) is 0. The van der Waals surface area contributed by atoms with E-state index in [0.29, 0.717) is 37.0 Å². The largest absolute Gasteiger partial charge is 0.368 e. The lowest BCUT2D eigenvalue weighted by Crippen LogP contribution is -2.49. The summed E-state index contributed by atoms with van der Waals surface area (Å²) in [6.07, 6.45) is -0.132. The van der Waals surface area contributed by atoms with Gasteiger partial charge in [0.2, 0.25) is 0 Å². The Morgan fingerprint density at radius 2 is 1.81 bits per heavy atom. The summed E-state index contributed by atoms with van der Waals surface area (Å²) in [4.78, 5) is 17.4. The summed E-state index contributed by atoms with van der Waals surface area (Å²) in [5.41, 5.74) is 4.67. The molecule has 2 aromatic carbocycles. The van der Waals surface area contributed by atoms with E-state index in [4.69, 9.17) is 16.3 Å². The van der Waals surface area contributed by atoms with Gasteiger partial charge in [-0.1, -0.05) is 47.1 Å². The molecule has 1 saturated heterocycles. The van der Waals surface area contributed by atoms with E-state index in [9.17, 15) is 4.79 Å². The van der Waals surface area contributed by atoms with Gasteiger partial charge in [0.05, 0.1) is 18.8 Å². The van der Waals surface area contributed by atoms with Crippen LogP contribution in [0.1, 0.15) is 33.4 Å². The SMILES string of the molecule is Cc1ccccc1N1CCN(C(=O)c2nnn3c2COC(c2ccc(Cl)cc2)C3)CC1. The van der Waals surface area contributed by atoms with E-state index in [0.717, 1.165) is 24.3 Å². The number of hydrogen-bond donors (Lipinski definition) is 0. The van der Waals surface area contributed by atoms with E-state index >= 15 is 0 Å². The van der Waals surface area contributed by atoms with Gasteiger partial charge in [-0.25, -0.2) is 4.68 Å². The molecule has 3 aromatic rings. The zero-order valence-corrected chi connectivity index (χ0v) is 18.1. The van der Waals surface area contributed by atoms with E-state index in [1.165, 1.54) is 11.3 Å². The molecular weight excluding hydrogens is 414 g/mol. The summed E-state index contributed by atoms with van der Waals surface area (Å²) < 4.78 is 7.82.